The number of anilines is 1. The van der Waals surface area contributed by atoms with Crippen molar-refractivity contribution in [3.05, 3.63) is 29.3 Å². The van der Waals surface area contributed by atoms with E-state index in [1.165, 1.54) is 0 Å². The monoisotopic (exact) mass is 530 g/mol. The molecule has 0 aromatic heterocycles. The molecular weight excluding hydrogens is 498 g/mol. The molecule has 0 bridgehead atoms. The van der Waals surface area contributed by atoms with Gasteiger partial charge in [0.05, 0.1) is 16.8 Å². The second-order valence-corrected chi connectivity index (χ2v) is 12.0. The van der Waals surface area contributed by atoms with E-state index in [1.807, 2.05) is 6.92 Å². The number of nitrogens with one attached hydrogen (secondary N) is 2. The molecule has 0 unspecified atom stereocenters. The van der Waals surface area contributed by atoms with E-state index in [1.54, 1.807) is 0 Å². The van der Waals surface area contributed by atoms with E-state index < -0.39 is 46.4 Å². The lowest BCUT2D eigenvalue weighted by Crippen LogP contribution is -2.61. The lowest BCUT2D eigenvalue weighted by molar-refractivity contribution is -0.141. The van der Waals surface area contributed by atoms with Crippen LogP contribution in [0.15, 0.2) is 18.2 Å². The SMILES string of the molecule is C[C@]12CCC(=O)N[C@H]1CC[C@@H]1[C@@H]2CC[C@]2(C)[C@@H](C(=O)Nc3cc(C(F)(F)F)ccc3C(F)(F)F)CC[C@@H]12. The average molecular weight is 531 g/mol. The lowest BCUT2D eigenvalue weighted by atomic mass is 9.47. The number of alkyl halides is 6. The summed E-state index contributed by atoms with van der Waals surface area (Å²) in [5, 5.41) is 5.43. The van der Waals surface area contributed by atoms with Crippen LogP contribution in [0.5, 0.6) is 0 Å². The second kappa shape index (κ2) is 8.63. The number of fused-ring (bicyclic) bond motifs is 5. The van der Waals surface area contributed by atoms with Crippen molar-refractivity contribution in [3.8, 4) is 0 Å². The predicted octanol–water partition coefficient (Wildman–Crippen LogP) is 6.80. The zero-order valence-electron chi connectivity index (χ0n) is 20.9. The summed E-state index contributed by atoms with van der Waals surface area (Å²) in [6, 6.07) is 1.29. The number of rotatable bonds is 2. The van der Waals surface area contributed by atoms with Crippen molar-refractivity contribution in [1.82, 2.24) is 5.32 Å². The van der Waals surface area contributed by atoms with Gasteiger partial charge in [0.15, 0.2) is 0 Å². The molecule has 37 heavy (non-hydrogen) atoms. The van der Waals surface area contributed by atoms with E-state index in [0.29, 0.717) is 42.9 Å². The molecule has 1 saturated heterocycles. The highest BCUT2D eigenvalue weighted by Crippen LogP contribution is 2.65. The van der Waals surface area contributed by atoms with Gasteiger partial charge in [0.2, 0.25) is 11.8 Å². The summed E-state index contributed by atoms with van der Waals surface area (Å²) in [4.78, 5) is 25.4. The molecule has 3 saturated carbocycles. The molecule has 2 N–H and O–H groups in total. The summed E-state index contributed by atoms with van der Waals surface area (Å²) in [5.74, 6) is -0.170. The standard InChI is InChI=1S/C27H32F6N2O2/c1-24-11-9-17-15(4-8-21-25(17,2)12-10-22(36)35-21)16(24)6-7-19(24)23(37)34-20-13-14(26(28,29)30)3-5-18(20)27(31,32)33/h3,5,13,15-17,19,21H,4,6-12H2,1-2H3,(H,34,37)(H,35,36)/t15-,16-,17-,19+,21-,24-,25+/m0/s1. The number of amides is 2. The van der Waals surface area contributed by atoms with E-state index in [-0.39, 0.29) is 23.3 Å². The van der Waals surface area contributed by atoms with Crippen molar-refractivity contribution < 1.29 is 35.9 Å². The van der Waals surface area contributed by atoms with Gasteiger partial charge in [-0.25, -0.2) is 0 Å². The highest BCUT2D eigenvalue weighted by molar-refractivity contribution is 5.94. The number of hydrogen-bond donors (Lipinski definition) is 2. The van der Waals surface area contributed by atoms with Crippen LogP contribution in [0.1, 0.15) is 76.3 Å². The van der Waals surface area contributed by atoms with Crippen LogP contribution in [0.25, 0.3) is 0 Å². The Labute approximate surface area is 211 Å². The number of halogens is 6. The molecule has 10 heteroatoms. The van der Waals surface area contributed by atoms with Gasteiger partial charge in [-0.3, -0.25) is 9.59 Å². The molecule has 4 aliphatic rings. The molecule has 1 heterocycles. The first kappa shape index (κ1) is 26.4. The minimum atomic E-state index is -4.91. The van der Waals surface area contributed by atoms with Crippen molar-refractivity contribution in [2.24, 2.45) is 34.5 Å². The third kappa shape index (κ3) is 4.32. The van der Waals surface area contributed by atoms with Crippen molar-refractivity contribution in [2.75, 3.05) is 5.32 Å². The zero-order valence-corrected chi connectivity index (χ0v) is 20.9. The number of carbonyl (C=O) groups is 2. The van der Waals surface area contributed by atoms with Gasteiger partial charge in [0, 0.05) is 18.4 Å². The van der Waals surface area contributed by atoms with Crippen molar-refractivity contribution in [2.45, 2.75) is 83.6 Å². The molecule has 4 fully saturated rings. The fourth-order valence-corrected chi connectivity index (χ4v) is 8.42. The normalized spacial score (nSPS) is 37.7. The van der Waals surface area contributed by atoms with Crippen molar-refractivity contribution in [1.29, 1.82) is 0 Å². The van der Waals surface area contributed by atoms with Crippen molar-refractivity contribution in [3.63, 3.8) is 0 Å². The molecule has 7 atom stereocenters. The van der Waals surface area contributed by atoms with Gasteiger partial charge >= 0.3 is 12.4 Å². The van der Waals surface area contributed by atoms with E-state index in [9.17, 15) is 35.9 Å². The van der Waals surface area contributed by atoms with Crippen LogP contribution >= 0.6 is 0 Å². The van der Waals surface area contributed by atoms with Crippen molar-refractivity contribution >= 4 is 17.5 Å². The summed E-state index contributed by atoms with van der Waals surface area (Å²) in [5.41, 5.74) is -3.83. The maximum Gasteiger partial charge on any atom is 0.418 e. The Morgan fingerprint density at radius 3 is 2.30 bits per heavy atom. The molecular formula is C27H32F6N2O2. The highest BCUT2D eigenvalue weighted by Gasteiger charge is 2.61. The van der Waals surface area contributed by atoms with E-state index >= 15 is 0 Å². The summed E-state index contributed by atoms with van der Waals surface area (Å²) < 4.78 is 80.4. The topological polar surface area (TPSA) is 58.2 Å². The predicted molar refractivity (Wildman–Crippen MR) is 124 cm³/mol. The molecule has 0 radical (unpaired) electrons. The Morgan fingerprint density at radius 1 is 0.919 bits per heavy atom. The van der Waals surface area contributed by atoms with E-state index in [4.69, 9.17) is 0 Å². The summed E-state index contributed by atoms with van der Waals surface area (Å²) in [6.45, 7) is 4.28. The molecule has 1 aromatic rings. The fraction of sp³-hybridized carbons (Fsp3) is 0.704. The second-order valence-electron chi connectivity index (χ2n) is 12.0. The van der Waals surface area contributed by atoms with E-state index in [0.717, 1.165) is 38.5 Å². The first-order chi connectivity index (χ1) is 17.1. The lowest BCUT2D eigenvalue weighted by Gasteiger charge is -2.60. The van der Waals surface area contributed by atoms with Crippen LogP contribution in [0.2, 0.25) is 0 Å². The van der Waals surface area contributed by atoms with Gasteiger partial charge in [-0.2, -0.15) is 26.3 Å². The highest BCUT2D eigenvalue weighted by atomic mass is 19.4. The molecule has 1 aliphatic heterocycles. The number of hydrogen-bond acceptors (Lipinski definition) is 2. The quantitative estimate of drug-likeness (QED) is 0.413. The van der Waals surface area contributed by atoms with Gasteiger partial charge in [0.1, 0.15) is 0 Å². The first-order valence-electron chi connectivity index (χ1n) is 13.0. The maximum absolute atomic E-state index is 13.6. The maximum atomic E-state index is 13.6. The largest absolute Gasteiger partial charge is 0.418 e. The zero-order chi connectivity index (χ0) is 27.0. The minimum Gasteiger partial charge on any atom is -0.353 e. The summed E-state index contributed by atoms with van der Waals surface area (Å²) >= 11 is 0. The average Bonchev–Trinajstić information content (AvgIpc) is 3.15. The number of carbonyl (C=O) groups excluding carboxylic acids is 2. The van der Waals surface area contributed by atoms with Gasteiger partial charge in [0.25, 0.3) is 0 Å². The van der Waals surface area contributed by atoms with Gasteiger partial charge in [-0.15, -0.1) is 0 Å². The Hall–Kier alpha value is -2.26. The summed E-state index contributed by atoms with van der Waals surface area (Å²) in [6.07, 6.45) is -3.78. The molecule has 1 aromatic carbocycles. The van der Waals surface area contributed by atoms with E-state index in [2.05, 4.69) is 17.6 Å². The molecule has 2 amide bonds. The molecule has 204 valence electrons. The molecule has 0 spiro atoms. The Balaban J connectivity index is 1.39. The van der Waals surface area contributed by atoms with Crippen LogP contribution in [0, 0.1) is 34.5 Å². The van der Waals surface area contributed by atoms with Gasteiger partial charge in [-0.1, -0.05) is 13.8 Å². The van der Waals surface area contributed by atoms with Crippen LogP contribution in [-0.2, 0) is 21.9 Å². The molecule has 4 nitrogen and oxygen atoms in total. The number of piperidine rings is 1. The number of benzene rings is 1. The van der Waals surface area contributed by atoms with Crippen LogP contribution < -0.4 is 10.6 Å². The third-order valence-corrected chi connectivity index (χ3v) is 10.3. The Kier molecular flexibility index (Phi) is 6.15. The third-order valence-electron chi connectivity index (χ3n) is 10.3. The van der Waals surface area contributed by atoms with Gasteiger partial charge in [-0.05, 0) is 91.7 Å². The molecule has 5 rings (SSSR count). The smallest absolute Gasteiger partial charge is 0.353 e. The minimum absolute atomic E-state index is 0.0157. The van der Waals surface area contributed by atoms with Gasteiger partial charge < -0.3 is 10.6 Å². The fourth-order valence-electron chi connectivity index (χ4n) is 8.42. The van der Waals surface area contributed by atoms with Crippen LogP contribution in [-0.4, -0.2) is 17.9 Å². The molecule has 3 aliphatic carbocycles. The Morgan fingerprint density at radius 2 is 1.62 bits per heavy atom. The Bertz CT molecular complexity index is 1100. The van der Waals surface area contributed by atoms with Crippen LogP contribution in [0.3, 0.4) is 0 Å². The van der Waals surface area contributed by atoms with Crippen LogP contribution in [0.4, 0.5) is 32.0 Å². The first-order valence-corrected chi connectivity index (χ1v) is 13.0. The summed E-state index contributed by atoms with van der Waals surface area (Å²) in [7, 11) is 0.